The van der Waals surface area contributed by atoms with Gasteiger partial charge in [-0.3, -0.25) is 0 Å². The van der Waals surface area contributed by atoms with Crippen molar-refractivity contribution >= 4 is 82.4 Å². The number of rotatable bonds is 5. The molecule has 248 valence electrons. The lowest BCUT2D eigenvalue weighted by atomic mass is 9.94. The first-order chi connectivity index (χ1) is 26.3. The number of anilines is 3. The van der Waals surface area contributed by atoms with Gasteiger partial charge in [0.15, 0.2) is 0 Å². The van der Waals surface area contributed by atoms with Gasteiger partial charge in [0.25, 0.3) is 0 Å². The molecule has 0 amide bonds. The second kappa shape index (κ2) is 11.7. The number of furan rings is 1. The summed E-state index contributed by atoms with van der Waals surface area (Å²) < 4.78 is 8.91. The lowest BCUT2D eigenvalue weighted by Crippen LogP contribution is -2.09. The van der Waals surface area contributed by atoms with Crippen molar-refractivity contribution in [3.63, 3.8) is 0 Å². The minimum Gasteiger partial charge on any atom is -0.456 e. The fourth-order valence-corrected chi connectivity index (χ4v) is 8.35. The van der Waals surface area contributed by atoms with Crippen LogP contribution in [0.5, 0.6) is 0 Å². The van der Waals surface area contributed by atoms with Gasteiger partial charge in [-0.25, -0.2) is 0 Å². The first-order valence-corrected chi connectivity index (χ1v) is 18.1. The van der Waals surface area contributed by atoms with Crippen LogP contribution in [-0.2, 0) is 0 Å². The van der Waals surface area contributed by atoms with Crippen molar-refractivity contribution in [2.75, 3.05) is 4.90 Å². The molecule has 0 saturated carbocycles. The van der Waals surface area contributed by atoms with Gasteiger partial charge in [-0.2, -0.15) is 0 Å². The highest BCUT2D eigenvalue weighted by Gasteiger charge is 2.19. The van der Waals surface area contributed by atoms with Crippen LogP contribution < -0.4 is 4.90 Å². The Hall–Kier alpha value is -7.10. The van der Waals surface area contributed by atoms with Crippen molar-refractivity contribution in [2.24, 2.45) is 0 Å². The van der Waals surface area contributed by atoms with E-state index in [0.29, 0.717) is 0 Å². The highest BCUT2D eigenvalue weighted by Crippen LogP contribution is 2.43. The van der Waals surface area contributed by atoms with Gasteiger partial charge >= 0.3 is 0 Å². The first-order valence-electron chi connectivity index (χ1n) is 18.1. The summed E-state index contributed by atoms with van der Waals surface area (Å²) in [5.74, 6) is 0. The zero-order valence-electron chi connectivity index (χ0n) is 28.8. The van der Waals surface area contributed by atoms with Crippen LogP contribution in [0.2, 0.25) is 0 Å². The van der Waals surface area contributed by atoms with Crippen LogP contribution in [0.15, 0.2) is 199 Å². The second-order valence-corrected chi connectivity index (χ2v) is 13.7. The van der Waals surface area contributed by atoms with Crippen molar-refractivity contribution < 1.29 is 4.42 Å². The van der Waals surface area contributed by atoms with Gasteiger partial charge in [-0.1, -0.05) is 115 Å². The van der Waals surface area contributed by atoms with Gasteiger partial charge in [0.2, 0.25) is 0 Å². The van der Waals surface area contributed by atoms with Crippen LogP contribution in [-0.4, -0.2) is 4.57 Å². The summed E-state index contributed by atoms with van der Waals surface area (Å²) in [5, 5.41) is 9.55. The molecule has 0 unspecified atom stereocenters. The Balaban J connectivity index is 1.10. The molecule has 0 spiro atoms. The summed E-state index contributed by atoms with van der Waals surface area (Å²) in [4.78, 5) is 2.34. The Bertz CT molecular complexity index is 3170. The van der Waals surface area contributed by atoms with E-state index in [1.807, 2.05) is 0 Å². The highest BCUT2D eigenvalue weighted by molar-refractivity contribution is 6.22. The quantitative estimate of drug-likeness (QED) is 0.181. The summed E-state index contributed by atoms with van der Waals surface area (Å²) in [5.41, 5.74) is 11.0. The van der Waals surface area contributed by atoms with Crippen LogP contribution in [0.4, 0.5) is 17.1 Å². The molecule has 0 aliphatic rings. The molecule has 0 atom stereocenters. The standard InChI is InChI=1S/C50H32N2O/c1-3-14-36(15-4-1)51(38-24-22-33-12-7-8-13-34(33)30-38)39-25-28-48-45(32-39)50-43-20-11-19-40(41(43)26-29-49(50)53-48)35-23-27-47-44(31-35)42-18-9-10-21-46(42)52(47)37-16-5-2-6-17-37/h1-32H. The molecule has 0 fully saturated rings. The zero-order chi connectivity index (χ0) is 34.9. The average molecular weight is 677 g/mol. The predicted molar refractivity (Wildman–Crippen MR) is 223 cm³/mol. The molecule has 0 N–H and O–H groups in total. The fraction of sp³-hybridized carbons (Fsp3) is 0. The summed E-state index contributed by atoms with van der Waals surface area (Å²) in [6.07, 6.45) is 0. The smallest absolute Gasteiger partial charge is 0.136 e. The largest absolute Gasteiger partial charge is 0.456 e. The van der Waals surface area contributed by atoms with E-state index in [0.717, 1.165) is 44.7 Å². The number of nitrogens with zero attached hydrogens (tertiary/aromatic N) is 2. The van der Waals surface area contributed by atoms with Crippen LogP contribution in [0, 0.1) is 0 Å². The van der Waals surface area contributed by atoms with Crippen LogP contribution >= 0.6 is 0 Å². The molecule has 2 aromatic heterocycles. The van der Waals surface area contributed by atoms with Crippen molar-refractivity contribution in [3.8, 4) is 16.8 Å². The number of benzene rings is 9. The lowest BCUT2D eigenvalue weighted by molar-refractivity contribution is 0.669. The Labute approximate surface area is 306 Å². The second-order valence-electron chi connectivity index (χ2n) is 13.7. The summed E-state index contributed by atoms with van der Waals surface area (Å²) >= 11 is 0. The van der Waals surface area contributed by atoms with Gasteiger partial charge in [0.1, 0.15) is 11.2 Å². The number of hydrogen-bond acceptors (Lipinski definition) is 2. The minimum atomic E-state index is 0.878. The van der Waals surface area contributed by atoms with Crippen molar-refractivity contribution in [1.29, 1.82) is 0 Å². The summed E-state index contributed by atoms with van der Waals surface area (Å²) in [7, 11) is 0. The Morgan fingerprint density at radius 2 is 1.08 bits per heavy atom. The molecule has 11 aromatic rings. The van der Waals surface area contributed by atoms with Crippen molar-refractivity contribution in [2.45, 2.75) is 0 Å². The van der Waals surface area contributed by atoms with Gasteiger partial charge < -0.3 is 13.9 Å². The Morgan fingerprint density at radius 3 is 1.96 bits per heavy atom. The third-order valence-electron chi connectivity index (χ3n) is 10.7. The molecule has 0 bridgehead atoms. The molecular weight excluding hydrogens is 645 g/mol. The average Bonchev–Trinajstić information content (AvgIpc) is 3.77. The van der Waals surface area contributed by atoms with E-state index in [4.69, 9.17) is 4.42 Å². The molecule has 9 aromatic carbocycles. The number of hydrogen-bond donors (Lipinski definition) is 0. The molecule has 3 heteroatoms. The maximum absolute atomic E-state index is 6.54. The topological polar surface area (TPSA) is 21.3 Å². The molecular formula is C50H32N2O. The molecule has 0 aliphatic heterocycles. The van der Waals surface area contributed by atoms with Crippen molar-refractivity contribution in [1.82, 2.24) is 4.57 Å². The van der Waals surface area contributed by atoms with Gasteiger partial charge in [0, 0.05) is 44.3 Å². The van der Waals surface area contributed by atoms with E-state index in [2.05, 4.69) is 204 Å². The van der Waals surface area contributed by atoms with Gasteiger partial charge in [-0.05, 0) is 112 Å². The minimum absolute atomic E-state index is 0.878. The maximum Gasteiger partial charge on any atom is 0.136 e. The van der Waals surface area contributed by atoms with Crippen molar-refractivity contribution in [3.05, 3.63) is 194 Å². The molecule has 0 radical (unpaired) electrons. The van der Waals surface area contributed by atoms with E-state index >= 15 is 0 Å². The third kappa shape index (κ3) is 4.68. The summed E-state index contributed by atoms with van der Waals surface area (Å²) in [6.45, 7) is 0. The zero-order valence-corrected chi connectivity index (χ0v) is 28.8. The highest BCUT2D eigenvalue weighted by atomic mass is 16.3. The molecule has 0 saturated heterocycles. The molecule has 2 heterocycles. The van der Waals surface area contributed by atoms with Crippen LogP contribution in [0.25, 0.3) is 82.1 Å². The van der Waals surface area contributed by atoms with E-state index in [-0.39, 0.29) is 0 Å². The molecule has 3 nitrogen and oxygen atoms in total. The van der Waals surface area contributed by atoms with E-state index in [1.165, 1.54) is 54.5 Å². The number of aromatic nitrogens is 1. The fourth-order valence-electron chi connectivity index (χ4n) is 8.35. The maximum atomic E-state index is 6.54. The van der Waals surface area contributed by atoms with Crippen LogP contribution in [0.3, 0.4) is 0 Å². The van der Waals surface area contributed by atoms with Crippen LogP contribution in [0.1, 0.15) is 0 Å². The Kier molecular flexibility index (Phi) is 6.55. The Morgan fingerprint density at radius 1 is 0.377 bits per heavy atom. The van der Waals surface area contributed by atoms with E-state index in [9.17, 15) is 0 Å². The van der Waals surface area contributed by atoms with E-state index in [1.54, 1.807) is 0 Å². The number of para-hydroxylation sites is 3. The van der Waals surface area contributed by atoms with Gasteiger partial charge in [-0.15, -0.1) is 0 Å². The first kappa shape index (κ1) is 29.6. The van der Waals surface area contributed by atoms with Gasteiger partial charge in [0.05, 0.1) is 11.0 Å². The monoisotopic (exact) mass is 676 g/mol. The summed E-state index contributed by atoms with van der Waals surface area (Å²) in [6, 6.07) is 69.7. The predicted octanol–water partition coefficient (Wildman–Crippen LogP) is 14.1. The lowest BCUT2D eigenvalue weighted by Gasteiger charge is -2.26. The van der Waals surface area contributed by atoms with E-state index < -0.39 is 0 Å². The molecule has 11 rings (SSSR count). The number of fused-ring (bicyclic) bond motifs is 9. The normalized spacial score (nSPS) is 11.8. The molecule has 53 heavy (non-hydrogen) atoms. The third-order valence-corrected chi connectivity index (χ3v) is 10.7. The molecule has 0 aliphatic carbocycles. The SMILES string of the molecule is c1ccc(N(c2ccc3ccccc3c2)c2ccc3oc4ccc5c(-c6ccc7c(c6)c6ccccc6n7-c6ccccc6)cccc5c4c3c2)cc1.